The predicted molar refractivity (Wildman–Crippen MR) is 78.4 cm³/mol. The zero-order valence-electron chi connectivity index (χ0n) is 12.5. The molecule has 0 fully saturated rings. The van der Waals surface area contributed by atoms with Gasteiger partial charge in [-0.15, -0.1) is 0 Å². The Morgan fingerprint density at radius 1 is 1.16 bits per heavy atom. The van der Waals surface area contributed by atoms with Crippen LogP contribution in [0.4, 0.5) is 0 Å². The SMILES string of the molecule is CCCCCCCOc1ncc(CNCC)c(C)n1. The number of rotatable bonds is 10. The number of aromatic nitrogens is 2. The first-order valence-corrected chi connectivity index (χ1v) is 7.44. The molecule has 108 valence electrons. The van der Waals surface area contributed by atoms with Crippen molar-refractivity contribution in [2.75, 3.05) is 13.2 Å². The van der Waals surface area contributed by atoms with E-state index in [0.717, 1.165) is 37.4 Å². The van der Waals surface area contributed by atoms with Gasteiger partial charge in [0.15, 0.2) is 0 Å². The Morgan fingerprint density at radius 3 is 2.63 bits per heavy atom. The third-order valence-electron chi connectivity index (χ3n) is 3.10. The normalized spacial score (nSPS) is 10.7. The highest BCUT2D eigenvalue weighted by Gasteiger charge is 2.03. The number of hydrogen-bond donors (Lipinski definition) is 1. The van der Waals surface area contributed by atoms with Crippen LogP contribution < -0.4 is 10.1 Å². The maximum Gasteiger partial charge on any atom is 0.316 e. The molecule has 0 aliphatic carbocycles. The van der Waals surface area contributed by atoms with Crippen molar-refractivity contribution in [3.05, 3.63) is 17.5 Å². The minimum Gasteiger partial charge on any atom is -0.463 e. The second kappa shape index (κ2) is 9.73. The van der Waals surface area contributed by atoms with Gasteiger partial charge in [0.1, 0.15) is 0 Å². The highest BCUT2D eigenvalue weighted by Crippen LogP contribution is 2.09. The van der Waals surface area contributed by atoms with Gasteiger partial charge in [0, 0.05) is 24.0 Å². The first-order chi connectivity index (χ1) is 9.27. The fourth-order valence-corrected chi connectivity index (χ4v) is 1.84. The minimum atomic E-state index is 0.508. The van der Waals surface area contributed by atoms with Crippen LogP contribution in [0.15, 0.2) is 6.20 Å². The van der Waals surface area contributed by atoms with Gasteiger partial charge in [0.25, 0.3) is 0 Å². The summed E-state index contributed by atoms with van der Waals surface area (Å²) in [6, 6.07) is 0.508. The summed E-state index contributed by atoms with van der Waals surface area (Å²) < 4.78 is 5.58. The molecule has 0 bridgehead atoms. The number of nitrogens with one attached hydrogen (secondary N) is 1. The molecule has 1 aromatic heterocycles. The summed E-state index contributed by atoms with van der Waals surface area (Å²) in [6.45, 7) is 8.81. The maximum atomic E-state index is 5.58. The number of ether oxygens (including phenoxy) is 1. The standard InChI is InChI=1S/C15H27N3O/c1-4-6-7-8-9-10-19-15-17-12-14(11-16-5-2)13(3)18-15/h12,16H,4-11H2,1-3H3. The van der Waals surface area contributed by atoms with E-state index in [4.69, 9.17) is 4.74 Å². The van der Waals surface area contributed by atoms with Crippen molar-refractivity contribution in [1.82, 2.24) is 15.3 Å². The Hall–Kier alpha value is -1.16. The van der Waals surface area contributed by atoms with E-state index in [2.05, 4.69) is 29.1 Å². The molecule has 1 rings (SSSR count). The summed E-state index contributed by atoms with van der Waals surface area (Å²) in [4.78, 5) is 8.64. The van der Waals surface area contributed by atoms with Gasteiger partial charge < -0.3 is 10.1 Å². The van der Waals surface area contributed by atoms with Crippen LogP contribution in [0.1, 0.15) is 57.2 Å². The van der Waals surface area contributed by atoms with Crippen molar-refractivity contribution in [3.63, 3.8) is 0 Å². The average Bonchev–Trinajstić information content (AvgIpc) is 2.42. The van der Waals surface area contributed by atoms with Crippen LogP contribution in [0.25, 0.3) is 0 Å². The van der Waals surface area contributed by atoms with E-state index in [1.54, 1.807) is 0 Å². The van der Waals surface area contributed by atoms with Gasteiger partial charge in [-0.1, -0.05) is 39.5 Å². The molecule has 0 unspecified atom stereocenters. The quantitative estimate of drug-likeness (QED) is 0.660. The van der Waals surface area contributed by atoms with Crippen LogP contribution >= 0.6 is 0 Å². The summed E-state index contributed by atoms with van der Waals surface area (Å²) in [5, 5.41) is 3.28. The Morgan fingerprint density at radius 2 is 1.95 bits per heavy atom. The van der Waals surface area contributed by atoms with Crippen molar-refractivity contribution in [3.8, 4) is 6.01 Å². The van der Waals surface area contributed by atoms with Crippen LogP contribution in [0.2, 0.25) is 0 Å². The molecule has 4 heteroatoms. The molecule has 0 amide bonds. The van der Waals surface area contributed by atoms with Gasteiger partial charge >= 0.3 is 6.01 Å². The first kappa shape index (κ1) is 15.9. The van der Waals surface area contributed by atoms with Gasteiger partial charge in [-0.3, -0.25) is 0 Å². The Balaban J connectivity index is 2.29. The summed E-state index contributed by atoms with van der Waals surface area (Å²) in [6.07, 6.45) is 8.05. The molecule has 4 nitrogen and oxygen atoms in total. The van der Waals surface area contributed by atoms with Crippen molar-refractivity contribution in [2.24, 2.45) is 0 Å². The van der Waals surface area contributed by atoms with Gasteiger partial charge in [0.05, 0.1) is 6.61 Å². The lowest BCUT2D eigenvalue weighted by Gasteiger charge is -2.08. The smallest absolute Gasteiger partial charge is 0.316 e. The highest BCUT2D eigenvalue weighted by atomic mass is 16.5. The average molecular weight is 265 g/mol. The lowest BCUT2D eigenvalue weighted by atomic mass is 10.2. The Labute approximate surface area is 117 Å². The molecule has 0 aliphatic heterocycles. The lowest BCUT2D eigenvalue weighted by molar-refractivity contribution is 0.280. The molecule has 19 heavy (non-hydrogen) atoms. The molecule has 0 spiro atoms. The number of aryl methyl sites for hydroxylation is 1. The van der Waals surface area contributed by atoms with Crippen LogP contribution in [-0.2, 0) is 6.54 Å². The van der Waals surface area contributed by atoms with Gasteiger partial charge in [-0.25, -0.2) is 9.97 Å². The fraction of sp³-hybridized carbons (Fsp3) is 0.733. The summed E-state index contributed by atoms with van der Waals surface area (Å²) in [5.74, 6) is 0. The van der Waals surface area contributed by atoms with Crippen molar-refractivity contribution in [1.29, 1.82) is 0 Å². The lowest BCUT2D eigenvalue weighted by Crippen LogP contribution is -2.14. The van der Waals surface area contributed by atoms with Crippen molar-refractivity contribution in [2.45, 2.75) is 59.4 Å². The summed E-state index contributed by atoms with van der Waals surface area (Å²) >= 11 is 0. The van der Waals surface area contributed by atoms with Crippen LogP contribution in [0.5, 0.6) is 6.01 Å². The molecule has 1 N–H and O–H groups in total. The number of nitrogens with zero attached hydrogens (tertiary/aromatic N) is 2. The van der Waals surface area contributed by atoms with Crippen LogP contribution in [0, 0.1) is 6.92 Å². The molecule has 0 saturated carbocycles. The van der Waals surface area contributed by atoms with E-state index < -0.39 is 0 Å². The maximum absolute atomic E-state index is 5.58. The second-order valence-corrected chi connectivity index (χ2v) is 4.81. The van der Waals surface area contributed by atoms with Gasteiger partial charge in [0.2, 0.25) is 0 Å². The minimum absolute atomic E-state index is 0.508. The van der Waals surface area contributed by atoms with Crippen LogP contribution in [0.3, 0.4) is 0 Å². The van der Waals surface area contributed by atoms with E-state index in [1.807, 2.05) is 13.1 Å². The molecule has 0 radical (unpaired) electrons. The molecule has 1 aromatic rings. The third-order valence-corrected chi connectivity index (χ3v) is 3.10. The first-order valence-electron chi connectivity index (χ1n) is 7.44. The monoisotopic (exact) mass is 265 g/mol. The molecular weight excluding hydrogens is 238 g/mol. The summed E-state index contributed by atoms with van der Waals surface area (Å²) in [5.41, 5.74) is 2.13. The Bertz CT molecular complexity index is 355. The van der Waals surface area contributed by atoms with Crippen molar-refractivity contribution >= 4 is 0 Å². The van der Waals surface area contributed by atoms with E-state index in [0.29, 0.717) is 6.01 Å². The molecule has 0 saturated heterocycles. The largest absolute Gasteiger partial charge is 0.463 e. The molecule has 1 heterocycles. The summed E-state index contributed by atoms with van der Waals surface area (Å²) in [7, 11) is 0. The molecular formula is C15H27N3O. The van der Waals surface area contributed by atoms with E-state index in [-0.39, 0.29) is 0 Å². The third kappa shape index (κ3) is 6.53. The van der Waals surface area contributed by atoms with Gasteiger partial charge in [-0.2, -0.15) is 0 Å². The highest BCUT2D eigenvalue weighted by molar-refractivity contribution is 5.17. The number of unbranched alkanes of at least 4 members (excludes halogenated alkanes) is 4. The van der Waals surface area contributed by atoms with Gasteiger partial charge in [-0.05, 0) is 19.9 Å². The topological polar surface area (TPSA) is 47.0 Å². The molecule has 0 aliphatic rings. The number of hydrogen-bond acceptors (Lipinski definition) is 4. The fourth-order valence-electron chi connectivity index (χ4n) is 1.84. The zero-order valence-corrected chi connectivity index (χ0v) is 12.5. The molecule has 0 aromatic carbocycles. The van der Waals surface area contributed by atoms with E-state index >= 15 is 0 Å². The van der Waals surface area contributed by atoms with Crippen LogP contribution in [-0.4, -0.2) is 23.1 Å². The van der Waals surface area contributed by atoms with Crippen molar-refractivity contribution < 1.29 is 4.74 Å². The molecule has 0 atom stereocenters. The zero-order chi connectivity index (χ0) is 13.9. The Kier molecular flexibility index (Phi) is 8.14. The predicted octanol–water partition coefficient (Wildman–Crippen LogP) is 3.24. The second-order valence-electron chi connectivity index (χ2n) is 4.81. The van der Waals surface area contributed by atoms with E-state index in [9.17, 15) is 0 Å². The van der Waals surface area contributed by atoms with E-state index in [1.165, 1.54) is 25.7 Å².